The van der Waals surface area contributed by atoms with Crippen LogP contribution in [0.2, 0.25) is 0 Å². The maximum absolute atomic E-state index is 10.4. The zero-order valence-electron chi connectivity index (χ0n) is 5.50. The number of carbonyl (C=O) groups excluding carboxylic acids is 1. The van der Waals surface area contributed by atoms with Gasteiger partial charge in [-0.1, -0.05) is 0 Å². The molecule has 3 nitrogen and oxygen atoms in total. The lowest BCUT2D eigenvalue weighted by Crippen LogP contribution is -2.15. The van der Waals surface area contributed by atoms with Crippen molar-refractivity contribution in [1.82, 2.24) is 0 Å². The second-order valence-corrected chi connectivity index (χ2v) is 2.05. The van der Waals surface area contributed by atoms with Gasteiger partial charge in [0.25, 0.3) is 0 Å². The maximum Gasteiger partial charge on any atom is 0.222 e. The first-order valence-corrected chi connectivity index (χ1v) is 3.02. The van der Waals surface area contributed by atoms with Crippen LogP contribution >= 0.6 is 0 Å². The molecule has 52 valence electrons. The fraction of sp³-hybridized carbons (Fsp3) is 0.143. The molecule has 1 aromatic rings. The first-order valence-electron chi connectivity index (χ1n) is 3.02. The van der Waals surface area contributed by atoms with Crippen LogP contribution in [0.4, 0.5) is 0 Å². The van der Waals surface area contributed by atoms with E-state index in [-0.39, 0.29) is 5.91 Å². The summed E-state index contributed by atoms with van der Waals surface area (Å²) in [5.41, 5.74) is 5.88. The lowest BCUT2D eigenvalue weighted by Gasteiger charge is -1.89. The van der Waals surface area contributed by atoms with Gasteiger partial charge in [-0.05, 0) is 6.07 Å². The molecule has 1 rings (SSSR count). The number of nitrogens with two attached hydrogens (primary N) is 1. The number of aromatic amines is 1. The summed E-state index contributed by atoms with van der Waals surface area (Å²) < 4.78 is 0. The molecule has 0 saturated heterocycles. The van der Waals surface area contributed by atoms with Gasteiger partial charge < -0.3 is 5.73 Å². The second kappa shape index (κ2) is 2.96. The molecule has 0 atom stereocenters. The minimum atomic E-state index is -0.306. The lowest BCUT2D eigenvalue weighted by atomic mass is 10.2. The van der Waals surface area contributed by atoms with E-state index in [2.05, 4.69) is 4.98 Å². The predicted octanol–water partition coefficient (Wildman–Crippen LogP) is -0.472. The van der Waals surface area contributed by atoms with Crippen LogP contribution in [-0.2, 0) is 11.2 Å². The topological polar surface area (TPSA) is 57.2 Å². The minimum absolute atomic E-state index is 0.303. The second-order valence-electron chi connectivity index (χ2n) is 2.05. The highest BCUT2D eigenvalue weighted by molar-refractivity contribution is 5.76. The zero-order chi connectivity index (χ0) is 7.40. The Balaban J connectivity index is 2.67. The molecule has 0 aliphatic rings. The lowest BCUT2D eigenvalue weighted by molar-refractivity contribution is -0.378. The van der Waals surface area contributed by atoms with Crippen molar-refractivity contribution in [2.75, 3.05) is 0 Å². The van der Waals surface area contributed by atoms with Gasteiger partial charge in [0, 0.05) is 11.6 Å². The molecule has 0 aromatic carbocycles. The third-order valence-electron chi connectivity index (χ3n) is 1.15. The highest BCUT2D eigenvalue weighted by atomic mass is 16.1. The van der Waals surface area contributed by atoms with Crippen LogP contribution in [0.15, 0.2) is 24.5 Å². The largest absolute Gasteiger partial charge is 0.369 e. The molecular formula is C7H9N2O+. The number of rotatable bonds is 2. The van der Waals surface area contributed by atoms with E-state index in [0.717, 1.165) is 5.56 Å². The summed E-state index contributed by atoms with van der Waals surface area (Å²) in [4.78, 5) is 13.2. The summed E-state index contributed by atoms with van der Waals surface area (Å²) in [5.74, 6) is -0.306. The summed E-state index contributed by atoms with van der Waals surface area (Å²) >= 11 is 0. The van der Waals surface area contributed by atoms with Crippen LogP contribution < -0.4 is 10.7 Å². The number of hydrogen-bond acceptors (Lipinski definition) is 1. The molecule has 10 heavy (non-hydrogen) atoms. The minimum Gasteiger partial charge on any atom is -0.369 e. The van der Waals surface area contributed by atoms with Crippen molar-refractivity contribution < 1.29 is 9.78 Å². The van der Waals surface area contributed by atoms with E-state index in [4.69, 9.17) is 5.73 Å². The van der Waals surface area contributed by atoms with Crippen molar-refractivity contribution in [3.05, 3.63) is 30.1 Å². The Morgan fingerprint density at radius 2 is 2.50 bits per heavy atom. The molecule has 3 N–H and O–H groups in total. The maximum atomic E-state index is 10.4. The van der Waals surface area contributed by atoms with Crippen LogP contribution in [0.25, 0.3) is 0 Å². The smallest absolute Gasteiger partial charge is 0.222 e. The van der Waals surface area contributed by atoms with E-state index in [1.165, 1.54) is 0 Å². The normalized spacial score (nSPS) is 9.20. The van der Waals surface area contributed by atoms with E-state index in [0.29, 0.717) is 6.42 Å². The Morgan fingerprint density at radius 3 is 3.00 bits per heavy atom. The molecule has 0 spiro atoms. The van der Waals surface area contributed by atoms with Crippen molar-refractivity contribution in [3.63, 3.8) is 0 Å². The zero-order valence-corrected chi connectivity index (χ0v) is 5.50. The molecule has 0 radical (unpaired) electrons. The highest BCUT2D eigenvalue weighted by Gasteiger charge is 1.98. The van der Waals surface area contributed by atoms with Crippen molar-refractivity contribution in [3.8, 4) is 0 Å². The number of amides is 1. The van der Waals surface area contributed by atoms with Gasteiger partial charge in [0.05, 0.1) is 6.42 Å². The van der Waals surface area contributed by atoms with Crippen molar-refractivity contribution >= 4 is 5.91 Å². The standard InChI is InChI=1S/C7H8N2O/c8-7(10)4-6-2-1-3-9-5-6/h1-3,5H,4H2,(H2,8,10)/p+1. The van der Waals surface area contributed by atoms with Gasteiger partial charge in [-0.3, -0.25) is 4.79 Å². The number of hydrogen-bond donors (Lipinski definition) is 1. The number of nitrogens with one attached hydrogen (secondary N) is 1. The fourth-order valence-electron chi connectivity index (χ4n) is 0.742. The molecule has 0 saturated carbocycles. The Kier molecular flexibility index (Phi) is 1.99. The quantitative estimate of drug-likeness (QED) is 0.588. The highest BCUT2D eigenvalue weighted by Crippen LogP contribution is 1.92. The molecule has 0 aliphatic heterocycles. The van der Waals surface area contributed by atoms with E-state index in [1.54, 1.807) is 12.4 Å². The number of H-pyrrole nitrogens is 1. The van der Waals surface area contributed by atoms with E-state index < -0.39 is 0 Å². The summed E-state index contributed by atoms with van der Waals surface area (Å²) in [6.45, 7) is 0. The van der Waals surface area contributed by atoms with Gasteiger partial charge in [-0.25, -0.2) is 4.98 Å². The average Bonchev–Trinajstić information content (AvgIpc) is 1.88. The predicted molar refractivity (Wildman–Crippen MR) is 35.9 cm³/mol. The molecule has 0 aliphatic carbocycles. The van der Waals surface area contributed by atoms with Gasteiger partial charge in [-0.15, -0.1) is 0 Å². The number of primary amides is 1. The first kappa shape index (κ1) is 6.74. The van der Waals surface area contributed by atoms with Crippen LogP contribution in [0.5, 0.6) is 0 Å². The van der Waals surface area contributed by atoms with Gasteiger partial charge in [0.15, 0.2) is 12.4 Å². The van der Waals surface area contributed by atoms with Crippen LogP contribution in [0.3, 0.4) is 0 Å². The average molecular weight is 137 g/mol. The Hall–Kier alpha value is -1.38. The summed E-state index contributed by atoms with van der Waals surface area (Å²) in [5, 5.41) is 0. The molecule has 1 heterocycles. The van der Waals surface area contributed by atoms with E-state index in [1.807, 2.05) is 12.1 Å². The first-order chi connectivity index (χ1) is 4.79. The molecule has 0 fully saturated rings. The molecule has 1 aromatic heterocycles. The van der Waals surface area contributed by atoms with Crippen LogP contribution in [-0.4, -0.2) is 5.91 Å². The third-order valence-corrected chi connectivity index (χ3v) is 1.15. The SMILES string of the molecule is NC(=O)Cc1ccc[nH+]c1. The van der Waals surface area contributed by atoms with Crippen molar-refractivity contribution in [1.29, 1.82) is 0 Å². The number of aromatic nitrogens is 1. The Labute approximate surface area is 58.9 Å². The van der Waals surface area contributed by atoms with Crippen LogP contribution in [0.1, 0.15) is 5.56 Å². The number of carbonyl (C=O) groups is 1. The fourth-order valence-corrected chi connectivity index (χ4v) is 0.742. The van der Waals surface area contributed by atoms with Crippen molar-refractivity contribution in [2.45, 2.75) is 6.42 Å². The monoisotopic (exact) mass is 137 g/mol. The number of pyridine rings is 1. The molecule has 3 heteroatoms. The van der Waals surface area contributed by atoms with E-state index >= 15 is 0 Å². The van der Waals surface area contributed by atoms with Gasteiger partial charge >= 0.3 is 0 Å². The van der Waals surface area contributed by atoms with Gasteiger partial charge in [0.2, 0.25) is 5.91 Å². The van der Waals surface area contributed by atoms with Crippen molar-refractivity contribution in [2.24, 2.45) is 5.73 Å². The molecule has 0 unspecified atom stereocenters. The van der Waals surface area contributed by atoms with Gasteiger partial charge in [-0.2, -0.15) is 0 Å². The third kappa shape index (κ3) is 1.85. The molecular weight excluding hydrogens is 128 g/mol. The molecule has 0 bridgehead atoms. The summed E-state index contributed by atoms with van der Waals surface area (Å²) in [6, 6.07) is 3.68. The summed E-state index contributed by atoms with van der Waals surface area (Å²) in [6.07, 6.45) is 3.84. The Morgan fingerprint density at radius 1 is 1.70 bits per heavy atom. The van der Waals surface area contributed by atoms with E-state index in [9.17, 15) is 4.79 Å². The molecule has 1 amide bonds. The summed E-state index contributed by atoms with van der Waals surface area (Å²) in [7, 11) is 0. The Bertz CT molecular complexity index is 220. The van der Waals surface area contributed by atoms with Gasteiger partial charge in [0.1, 0.15) is 0 Å². The van der Waals surface area contributed by atoms with Crippen LogP contribution in [0, 0.1) is 0 Å².